The van der Waals surface area contributed by atoms with Crippen LogP contribution in [0.5, 0.6) is 0 Å². The zero-order chi connectivity index (χ0) is 13.8. The molecule has 1 aromatic rings. The molecule has 4 nitrogen and oxygen atoms in total. The van der Waals surface area contributed by atoms with Crippen LogP contribution >= 0.6 is 0 Å². The van der Waals surface area contributed by atoms with Crippen molar-refractivity contribution in [1.82, 2.24) is 4.90 Å². The van der Waals surface area contributed by atoms with E-state index in [0.717, 1.165) is 31.5 Å². The molecule has 4 heteroatoms. The Labute approximate surface area is 113 Å². The van der Waals surface area contributed by atoms with Gasteiger partial charge in [0, 0.05) is 12.0 Å². The first-order valence-corrected chi connectivity index (χ1v) is 6.64. The average Bonchev–Trinajstić information content (AvgIpc) is 2.89. The molecule has 2 rings (SSSR count). The Morgan fingerprint density at radius 2 is 1.79 bits per heavy atom. The molecule has 1 heterocycles. The van der Waals surface area contributed by atoms with Gasteiger partial charge in [0.2, 0.25) is 0 Å². The number of likely N-dealkylation sites (tertiary alicyclic amines) is 1. The summed E-state index contributed by atoms with van der Waals surface area (Å²) >= 11 is 0. The number of Topliss-reactive ketones (excluding diaryl/α,β-unsaturated/α-hetero) is 1. The minimum absolute atomic E-state index is 0.0540. The zero-order valence-corrected chi connectivity index (χ0v) is 11.1. The van der Waals surface area contributed by atoms with Gasteiger partial charge in [0.1, 0.15) is 6.04 Å². The third-order valence-electron chi connectivity index (χ3n) is 3.62. The molecule has 0 unspecified atom stereocenters. The molecule has 1 atom stereocenters. The number of ketones is 1. The summed E-state index contributed by atoms with van der Waals surface area (Å²) in [4.78, 5) is 25.3. The Kier molecular flexibility index (Phi) is 4.32. The largest absolute Gasteiger partial charge is 0.480 e. The normalized spacial score (nSPS) is 17.3. The Balaban J connectivity index is 2.06. The molecule has 0 saturated carbocycles. The number of hydrogen-bond acceptors (Lipinski definition) is 3. The molecular formula is C15H19NO3. The van der Waals surface area contributed by atoms with Gasteiger partial charge in [0.25, 0.3) is 0 Å². The molecule has 1 saturated heterocycles. The monoisotopic (exact) mass is 261 g/mol. The number of hydrogen-bond donors (Lipinski definition) is 1. The number of carboxylic acids is 1. The highest BCUT2D eigenvalue weighted by Crippen LogP contribution is 2.17. The third-order valence-corrected chi connectivity index (χ3v) is 3.62. The molecule has 0 radical (unpaired) electrons. The van der Waals surface area contributed by atoms with Gasteiger partial charge < -0.3 is 5.11 Å². The van der Waals surface area contributed by atoms with Crippen LogP contribution < -0.4 is 0 Å². The average molecular weight is 261 g/mol. The maximum absolute atomic E-state index is 12.1. The highest BCUT2D eigenvalue weighted by atomic mass is 16.4. The highest BCUT2D eigenvalue weighted by Gasteiger charge is 2.30. The lowest BCUT2D eigenvalue weighted by molar-refractivity contribution is -0.142. The van der Waals surface area contributed by atoms with Crippen molar-refractivity contribution < 1.29 is 14.7 Å². The van der Waals surface area contributed by atoms with Gasteiger partial charge in [0.05, 0.1) is 0 Å². The van der Waals surface area contributed by atoms with Gasteiger partial charge in [-0.1, -0.05) is 29.8 Å². The Bertz CT molecular complexity index is 461. The second kappa shape index (κ2) is 5.97. The van der Waals surface area contributed by atoms with Crippen LogP contribution in [-0.2, 0) is 4.79 Å². The lowest BCUT2D eigenvalue weighted by atomic mass is 10.0. The smallest absolute Gasteiger partial charge is 0.321 e. The second-order valence-corrected chi connectivity index (χ2v) is 5.09. The van der Waals surface area contributed by atoms with Crippen molar-refractivity contribution in [3.05, 3.63) is 35.4 Å². The first-order chi connectivity index (χ1) is 9.08. The molecule has 1 fully saturated rings. The van der Waals surface area contributed by atoms with Crippen molar-refractivity contribution in [2.45, 2.75) is 32.2 Å². The molecule has 0 aromatic heterocycles. The van der Waals surface area contributed by atoms with Crippen LogP contribution in [0.15, 0.2) is 24.3 Å². The standard InChI is InChI=1S/C15H19NO3/c1-11-4-6-12(7-5-11)14(17)10-13(15(18)19)16-8-2-3-9-16/h4-7,13H,2-3,8-10H2,1H3,(H,18,19)/t13-/m1/s1. The fourth-order valence-electron chi connectivity index (χ4n) is 2.46. The molecule has 0 amide bonds. The second-order valence-electron chi connectivity index (χ2n) is 5.09. The number of nitrogens with zero attached hydrogens (tertiary/aromatic N) is 1. The fourth-order valence-corrected chi connectivity index (χ4v) is 2.46. The van der Waals surface area contributed by atoms with Gasteiger partial charge in [-0.25, -0.2) is 0 Å². The van der Waals surface area contributed by atoms with Gasteiger partial charge in [-0.2, -0.15) is 0 Å². The van der Waals surface area contributed by atoms with E-state index in [1.165, 1.54) is 0 Å². The number of benzene rings is 1. The van der Waals surface area contributed by atoms with E-state index in [0.29, 0.717) is 5.56 Å². The topological polar surface area (TPSA) is 57.6 Å². The maximum atomic E-state index is 12.1. The summed E-state index contributed by atoms with van der Waals surface area (Å²) in [6, 6.07) is 6.59. The first-order valence-electron chi connectivity index (χ1n) is 6.64. The molecule has 1 aromatic carbocycles. The number of carbonyl (C=O) groups excluding carboxylic acids is 1. The van der Waals surface area contributed by atoms with E-state index >= 15 is 0 Å². The lowest BCUT2D eigenvalue weighted by Crippen LogP contribution is -2.40. The summed E-state index contributed by atoms with van der Waals surface area (Å²) in [7, 11) is 0. The highest BCUT2D eigenvalue weighted by molar-refractivity contribution is 5.98. The summed E-state index contributed by atoms with van der Waals surface area (Å²) in [6.07, 6.45) is 2.09. The van der Waals surface area contributed by atoms with Gasteiger partial charge in [-0.15, -0.1) is 0 Å². The quantitative estimate of drug-likeness (QED) is 0.825. The Hall–Kier alpha value is -1.68. The molecule has 1 aliphatic rings. The van der Waals surface area contributed by atoms with Crippen molar-refractivity contribution in [3.63, 3.8) is 0 Å². The SMILES string of the molecule is Cc1ccc(C(=O)C[C@H](C(=O)O)N2CCCC2)cc1. The minimum Gasteiger partial charge on any atom is -0.480 e. The van der Waals surface area contributed by atoms with Gasteiger partial charge in [-0.05, 0) is 32.9 Å². The Morgan fingerprint density at radius 3 is 2.32 bits per heavy atom. The number of aryl methyl sites for hydroxylation is 1. The molecule has 19 heavy (non-hydrogen) atoms. The maximum Gasteiger partial charge on any atom is 0.321 e. The van der Waals surface area contributed by atoms with Crippen LogP contribution in [0.25, 0.3) is 0 Å². The predicted octanol–water partition coefficient (Wildman–Crippen LogP) is 2.12. The zero-order valence-electron chi connectivity index (χ0n) is 11.1. The Morgan fingerprint density at radius 1 is 1.21 bits per heavy atom. The van der Waals surface area contributed by atoms with Crippen molar-refractivity contribution >= 4 is 11.8 Å². The van der Waals surface area contributed by atoms with Gasteiger partial charge >= 0.3 is 5.97 Å². The van der Waals surface area contributed by atoms with Crippen LogP contribution in [0.1, 0.15) is 35.2 Å². The van der Waals surface area contributed by atoms with Gasteiger partial charge in [-0.3, -0.25) is 14.5 Å². The van der Waals surface area contributed by atoms with Crippen molar-refractivity contribution in [2.75, 3.05) is 13.1 Å². The van der Waals surface area contributed by atoms with E-state index in [1.54, 1.807) is 12.1 Å². The van der Waals surface area contributed by atoms with Gasteiger partial charge in [0.15, 0.2) is 5.78 Å². The first kappa shape index (κ1) is 13.7. The molecule has 0 aliphatic carbocycles. The molecule has 0 spiro atoms. The van der Waals surface area contributed by atoms with E-state index < -0.39 is 12.0 Å². The summed E-state index contributed by atoms with van der Waals surface area (Å²) in [5.74, 6) is -0.998. The summed E-state index contributed by atoms with van der Waals surface area (Å²) in [6.45, 7) is 3.51. The molecular weight excluding hydrogens is 242 g/mol. The van der Waals surface area contributed by atoms with Crippen LogP contribution in [-0.4, -0.2) is 40.9 Å². The van der Waals surface area contributed by atoms with Crippen LogP contribution in [0.3, 0.4) is 0 Å². The van der Waals surface area contributed by atoms with E-state index in [2.05, 4.69) is 0 Å². The number of aliphatic carboxylic acids is 1. The van der Waals surface area contributed by atoms with Crippen molar-refractivity contribution in [3.8, 4) is 0 Å². The predicted molar refractivity (Wildman–Crippen MR) is 72.4 cm³/mol. The third kappa shape index (κ3) is 3.41. The minimum atomic E-state index is -0.901. The summed E-state index contributed by atoms with van der Waals surface area (Å²) in [5.41, 5.74) is 1.68. The lowest BCUT2D eigenvalue weighted by Gasteiger charge is -2.22. The fraction of sp³-hybridized carbons (Fsp3) is 0.467. The summed E-state index contributed by atoms with van der Waals surface area (Å²) in [5, 5.41) is 9.28. The van der Waals surface area contributed by atoms with Crippen LogP contribution in [0, 0.1) is 6.92 Å². The van der Waals surface area contributed by atoms with Crippen molar-refractivity contribution in [2.24, 2.45) is 0 Å². The van der Waals surface area contributed by atoms with E-state index in [1.807, 2.05) is 24.0 Å². The molecule has 0 bridgehead atoms. The number of carbonyl (C=O) groups is 2. The van der Waals surface area contributed by atoms with Crippen LogP contribution in [0.2, 0.25) is 0 Å². The van der Waals surface area contributed by atoms with Crippen LogP contribution in [0.4, 0.5) is 0 Å². The van der Waals surface area contributed by atoms with Crippen molar-refractivity contribution in [1.29, 1.82) is 0 Å². The number of rotatable bonds is 5. The van der Waals surface area contributed by atoms with E-state index in [9.17, 15) is 14.7 Å². The van der Waals surface area contributed by atoms with E-state index in [-0.39, 0.29) is 12.2 Å². The molecule has 1 N–H and O–H groups in total. The molecule has 1 aliphatic heterocycles. The summed E-state index contributed by atoms with van der Waals surface area (Å²) < 4.78 is 0. The van der Waals surface area contributed by atoms with E-state index in [4.69, 9.17) is 0 Å². The molecule has 102 valence electrons. The number of carboxylic acid groups (broad SMARTS) is 1.